The minimum absolute atomic E-state index is 0.0136. The predicted octanol–water partition coefficient (Wildman–Crippen LogP) is 4.95. The maximum absolute atomic E-state index is 12.6. The first-order valence-corrected chi connectivity index (χ1v) is 11.6. The van der Waals surface area contributed by atoms with Crippen molar-refractivity contribution in [3.8, 4) is 16.9 Å². The van der Waals surface area contributed by atoms with Gasteiger partial charge in [0.05, 0.1) is 27.3 Å². The summed E-state index contributed by atoms with van der Waals surface area (Å²) in [6.45, 7) is 0. The van der Waals surface area contributed by atoms with Gasteiger partial charge in [0.15, 0.2) is 5.17 Å². The molecule has 1 saturated carbocycles. The largest absolute Gasteiger partial charge is 0.301 e. The van der Waals surface area contributed by atoms with E-state index in [-0.39, 0.29) is 17.6 Å². The van der Waals surface area contributed by atoms with Gasteiger partial charge in [0, 0.05) is 29.5 Å². The monoisotopic (exact) mass is 459 g/mol. The number of aliphatic imine (C=N–C) groups is 1. The van der Waals surface area contributed by atoms with E-state index in [9.17, 15) is 14.9 Å². The van der Waals surface area contributed by atoms with Crippen LogP contribution in [0.1, 0.15) is 31.2 Å². The quantitative estimate of drug-likeness (QED) is 0.330. The lowest BCUT2D eigenvalue weighted by molar-refractivity contribution is -0.384. The lowest BCUT2D eigenvalue weighted by Crippen LogP contribution is -2.21. The molecule has 2 fully saturated rings. The van der Waals surface area contributed by atoms with Crippen LogP contribution < -0.4 is 5.32 Å². The van der Waals surface area contributed by atoms with Crippen molar-refractivity contribution >= 4 is 34.6 Å². The molecular formula is C24H21N5O3S. The fraction of sp³-hybridized carbons (Fsp3) is 0.208. The minimum Gasteiger partial charge on any atom is -0.301 e. The molecule has 0 bridgehead atoms. The summed E-state index contributed by atoms with van der Waals surface area (Å²) in [4.78, 5) is 28.5. The Labute approximate surface area is 194 Å². The van der Waals surface area contributed by atoms with E-state index in [0.29, 0.717) is 15.8 Å². The van der Waals surface area contributed by atoms with E-state index >= 15 is 0 Å². The average Bonchev–Trinajstić information content (AvgIpc) is 3.56. The number of nitrogens with one attached hydrogen (secondary N) is 1. The number of nitrogens with zero attached hydrogens (tertiary/aromatic N) is 4. The molecule has 1 aliphatic carbocycles. The van der Waals surface area contributed by atoms with Crippen LogP contribution in [0.15, 0.2) is 70.7 Å². The highest BCUT2D eigenvalue weighted by atomic mass is 32.2. The van der Waals surface area contributed by atoms with Gasteiger partial charge in [-0.25, -0.2) is 4.68 Å². The number of aromatic nitrogens is 2. The molecule has 1 aromatic heterocycles. The van der Waals surface area contributed by atoms with Gasteiger partial charge in [0.25, 0.3) is 11.6 Å². The molecule has 5 rings (SSSR count). The van der Waals surface area contributed by atoms with E-state index in [0.717, 1.165) is 29.7 Å². The Balaban J connectivity index is 1.52. The molecule has 2 aliphatic rings. The van der Waals surface area contributed by atoms with Crippen LogP contribution in [0.2, 0.25) is 0 Å². The number of carbonyl (C=O) groups is 1. The van der Waals surface area contributed by atoms with Crippen molar-refractivity contribution in [2.24, 2.45) is 4.99 Å². The second kappa shape index (κ2) is 9.03. The number of para-hydroxylation sites is 1. The summed E-state index contributed by atoms with van der Waals surface area (Å²) in [5.74, 6) is -0.182. The fourth-order valence-electron chi connectivity index (χ4n) is 4.00. The first-order valence-electron chi connectivity index (χ1n) is 10.8. The van der Waals surface area contributed by atoms with Crippen molar-refractivity contribution in [1.82, 2.24) is 15.1 Å². The maximum atomic E-state index is 12.6. The second-order valence-electron chi connectivity index (χ2n) is 7.95. The number of amides is 1. The van der Waals surface area contributed by atoms with E-state index in [4.69, 9.17) is 10.1 Å². The smallest absolute Gasteiger partial charge is 0.269 e. The number of nitro groups is 1. The highest BCUT2D eigenvalue weighted by Gasteiger charge is 2.26. The first-order chi connectivity index (χ1) is 16.1. The average molecular weight is 460 g/mol. The summed E-state index contributed by atoms with van der Waals surface area (Å²) < 4.78 is 1.74. The van der Waals surface area contributed by atoms with Crippen LogP contribution in [-0.4, -0.2) is 31.8 Å². The molecule has 2 aromatic carbocycles. The van der Waals surface area contributed by atoms with Gasteiger partial charge in [-0.2, -0.15) is 5.10 Å². The van der Waals surface area contributed by atoms with Crippen molar-refractivity contribution in [2.75, 3.05) is 0 Å². The Bertz CT molecular complexity index is 1260. The highest BCUT2D eigenvalue weighted by molar-refractivity contribution is 8.18. The zero-order valence-electron chi connectivity index (χ0n) is 17.7. The van der Waals surface area contributed by atoms with Crippen LogP contribution in [0.25, 0.3) is 23.0 Å². The highest BCUT2D eigenvalue weighted by Crippen LogP contribution is 2.32. The van der Waals surface area contributed by atoms with Crippen LogP contribution in [0.5, 0.6) is 0 Å². The van der Waals surface area contributed by atoms with Crippen molar-refractivity contribution in [3.05, 3.63) is 81.4 Å². The standard InChI is InChI=1S/C24H21N5O3S/c30-23-21(33-24(26-23)25-18-6-4-5-7-18)14-17-15-28(19-8-2-1-3-9-19)27-22(17)16-10-12-20(13-11-16)29(31)32/h1-3,8-15,18H,4-7H2,(H,25,26,30)/b21-14-. The summed E-state index contributed by atoms with van der Waals surface area (Å²) in [5.41, 5.74) is 2.99. The summed E-state index contributed by atoms with van der Waals surface area (Å²) in [6.07, 6.45) is 8.15. The summed E-state index contributed by atoms with van der Waals surface area (Å²) in [5, 5.41) is 19.3. The normalized spacial score (nSPS) is 18.8. The van der Waals surface area contributed by atoms with Crippen LogP contribution in [-0.2, 0) is 4.79 Å². The van der Waals surface area contributed by atoms with Crippen LogP contribution in [0.3, 0.4) is 0 Å². The molecule has 1 aliphatic heterocycles. The molecule has 0 radical (unpaired) electrons. The third-order valence-corrected chi connectivity index (χ3v) is 6.60. The van der Waals surface area contributed by atoms with Crippen molar-refractivity contribution < 1.29 is 9.72 Å². The van der Waals surface area contributed by atoms with Crippen molar-refractivity contribution in [2.45, 2.75) is 31.7 Å². The Morgan fingerprint density at radius 3 is 2.55 bits per heavy atom. The lowest BCUT2D eigenvalue weighted by Gasteiger charge is -2.02. The molecule has 2 heterocycles. The number of hydrogen-bond donors (Lipinski definition) is 1. The summed E-state index contributed by atoms with van der Waals surface area (Å²) in [6, 6.07) is 16.2. The number of hydrogen-bond acceptors (Lipinski definition) is 6. The molecule has 0 spiro atoms. The van der Waals surface area contributed by atoms with Gasteiger partial charge in [0.2, 0.25) is 0 Å². The van der Waals surface area contributed by atoms with Crippen LogP contribution in [0, 0.1) is 10.1 Å². The number of thioether (sulfide) groups is 1. The molecule has 166 valence electrons. The van der Waals surface area contributed by atoms with Crippen LogP contribution >= 0.6 is 11.8 Å². The molecular weight excluding hydrogens is 438 g/mol. The number of nitro benzene ring substituents is 1. The molecule has 9 heteroatoms. The van der Waals surface area contributed by atoms with E-state index in [1.165, 1.54) is 36.7 Å². The van der Waals surface area contributed by atoms with Gasteiger partial charge in [0.1, 0.15) is 0 Å². The fourth-order valence-corrected chi connectivity index (χ4v) is 4.88. The third kappa shape index (κ3) is 4.58. The lowest BCUT2D eigenvalue weighted by atomic mass is 10.1. The zero-order chi connectivity index (χ0) is 22.8. The molecule has 1 N–H and O–H groups in total. The second-order valence-corrected chi connectivity index (χ2v) is 8.99. The number of rotatable bonds is 5. The minimum atomic E-state index is -0.431. The number of amidine groups is 1. The van der Waals surface area contributed by atoms with Gasteiger partial charge in [-0.15, -0.1) is 0 Å². The van der Waals surface area contributed by atoms with E-state index < -0.39 is 4.92 Å². The van der Waals surface area contributed by atoms with Gasteiger partial charge >= 0.3 is 0 Å². The first kappa shape index (κ1) is 21.1. The number of carbonyl (C=O) groups excluding carboxylic acids is 1. The molecule has 0 atom stereocenters. The van der Waals surface area contributed by atoms with Gasteiger partial charge in [-0.3, -0.25) is 19.9 Å². The molecule has 33 heavy (non-hydrogen) atoms. The SMILES string of the molecule is O=C1NC(=NC2CCCC2)S/C1=C\c1cn(-c2ccccc2)nc1-c1ccc([N+](=O)[O-])cc1. The molecule has 8 nitrogen and oxygen atoms in total. The number of benzene rings is 2. The maximum Gasteiger partial charge on any atom is 0.269 e. The van der Waals surface area contributed by atoms with E-state index in [1.54, 1.807) is 22.9 Å². The molecule has 1 saturated heterocycles. The summed E-state index contributed by atoms with van der Waals surface area (Å²) >= 11 is 1.34. The number of non-ortho nitro benzene ring substituents is 1. The van der Waals surface area contributed by atoms with Gasteiger partial charge < -0.3 is 5.32 Å². The topological polar surface area (TPSA) is 102 Å². The van der Waals surface area contributed by atoms with Gasteiger partial charge in [-0.1, -0.05) is 31.0 Å². The molecule has 0 unspecified atom stereocenters. The van der Waals surface area contributed by atoms with Crippen molar-refractivity contribution in [3.63, 3.8) is 0 Å². The summed E-state index contributed by atoms with van der Waals surface area (Å²) in [7, 11) is 0. The van der Waals surface area contributed by atoms with Crippen LogP contribution in [0.4, 0.5) is 5.69 Å². The molecule has 3 aromatic rings. The Kier molecular flexibility index (Phi) is 5.78. The zero-order valence-corrected chi connectivity index (χ0v) is 18.5. The third-order valence-electron chi connectivity index (χ3n) is 5.68. The van der Waals surface area contributed by atoms with E-state index in [2.05, 4.69) is 5.32 Å². The predicted molar refractivity (Wildman–Crippen MR) is 129 cm³/mol. The Hall–Kier alpha value is -3.72. The Morgan fingerprint density at radius 2 is 1.85 bits per heavy atom. The van der Waals surface area contributed by atoms with Crippen molar-refractivity contribution in [1.29, 1.82) is 0 Å². The van der Waals surface area contributed by atoms with E-state index in [1.807, 2.05) is 36.5 Å². The Morgan fingerprint density at radius 1 is 1.12 bits per heavy atom. The molecule has 1 amide bonds. The van der Waals surface area contributed by atoms with Gasteiger partial charge in [-0.05, 0) is 54.9 Å².